The number of benzene rings is 2. The van der Waals surface area contributed by atoms with Gasteiger partial charge in [0.15, 0.2) is 0 Å². The molecule has 0 N–H and O–H groups in total. The molecule has 0 saturated carbocycles. The number of anilines is 1. The van der Waals surface area contributed by atoms with Crippen LogP contribution in [0.25, 0.3) is 0 Å². The molecular weight excluding hydrogens is 380 g/mol. The van der Waals surface area contributed by atoms with Crippen LogP contribution in [0.15, 0.2) is 48.5 Å². The van der Waals surface area contributed by atoms with Crippen molar-refractivity contribution in [2.45, 2.75) is 31.7 Å². The topological polar surface area (TPSA) is 59.1 Å². The molecule has 0 aliphatic carbocycles. The van der Waals surface area contributed by atoms with E-state index in [0.717, 1.165) is 42.9 Å². The van der Waals surface area contributed by atoms with Crippen LogP contribution in [0.2, 0.25) is 0 Å². The van der Waals surface area contributed by atoms with Crippen LogP contribution >= 0.6 is 0 Å². The average Bonchev–Trinajstić information content (AvgIpc) is 3.33. The Kier molecular flexibility index (Phi) is 5.93. The zero-order valence-electron chi connectivity index (χ0n) is 17.5. The quantitative estimate of drug-likeness (QED) is 0.755. The van der Waals surface area contributed by atoms with E-state index < -0.39 is 6.04 Å². The van der Waals surface area contributed by atoms with E-state index in [4.69, 9.17) is 9.47 Å². The van der Waals surface area contributed by atoms with Crippen LogP contribution in [0.3, 0.4) is 0 Å². The van der Waals surface area contributed by atoms with Crippen molar-refractivity contribution in [1.29, 1.82) is 0 Å². The number of para-hydroxylation sites is 1. The van der Waals surface area contributed by atoms with Crippen molar-refractivity contribution in [1.82, 2.24) is 4.90 Å². The Balaban J connectivity index is 1.80. The number of nitrogens with zero attached hydrogens (tertiary/aromatic N) is 2. The van der Waals surface area contributed by atoms with E-state index in [1.54, 1.807) is 19.1 Å². The summed E-state index contributed by atoms with van der Waals surface area (Å²) >= 11 is 0. The van der Waals surface area contributed by atoms with Gasteiger partial charge in [-0.1, -0.05) is 18.2 Å². The van der Waals surface area contributed by atoms with Crippen molar-refractivity contribution in [3.63, 3.8) is 0 Å². The molecular formula is C24H28N2O4. The molecule has 2 aromatic carbocycles. The maximum Gasteiger partial charge on any atom is 0.228 e. The van der Waals surface area contributed by atoms with E-state index in [9.17, 15) is 9.59 Å². The van der Waals surface area contributed by atoms with Gasteiger partial charge in [0, 0.05) is 30.8 Å². The number of amides is 2. The van der Waals surface area contributed by atoms with Gasteiger partial charge >= 0.3 is 0 Å². The van der Waals surface area contributed by atoms with Crippen LogP contribution in [0.1, 0.15) is 37.3 Å². The van der Waals surface area contributed by atoms with E-state index in [1.165, 1.54) is 0 Å². The van der Waals surface area contributed by atoms with Gasteiger partial charge in [0.25, 0.3) is 0 Å². The molecule has 2 amide bonds. The first kappa shape index (κ1) is 20.3. The molecule has 0 spiro atoms. The SMILES string of the molecule is COc1ccc(N2C(=O)CCC(C(=O)N3CCCC3)C2c2ccccc2OC)cc1. The minimum atomic E-state index is -0.413. The number of hydrogen-bond acceptors (Lipinski definition) is 4. The molecule has 2 aromatic rings. The maximum atomic E-state index is 13.5. The Morgan fingerprint density at radius 1 is 0.967 bits per heavy atom. The smallest absolute Gasteiger partial charge is 0.228 e. The molecule has 2 saturated heterocycles. The minimum absolute atomic E-state index is 0.0153. The molecule has 158 valence electrons. The fraction of sp³-hybridized carbons (Fsp3) is 0.417. The number of piperidine rings is 1. The molecule has 0 radical (unpaired) electrons. The highest BCUT2D eigenvalue weighted by Crippen LogP contribution is 2.44. The first-order valence-corrected chi connectivity index (χ1v) is 10.5. The lowest BCUT2D eigenvalue weighted by molar-refractivity contribution is -0.137. The molecule has 2 aliphatic rings. The van der Waals surface area contributed by atoms with Crippen LogP contribution in [0.4, 0.5) is 5.69 Å². The van der Waals surface area contributed by atoms with Gasteiger partial charge in [0.2, 0.25) is 11.8 Å². The Morgan fingerprint density at radius 3 is 2.33 bits per heavy atom. The summed E-state index contributed by atoms with van der Waals surface area (Å²) in [6, 6.07) is 14.7. The molecule has 2 atom stereocenters. The first-order chi connectivity index (χ1) is 14.6. The van der Waals surface area contributed by atoms with Crippen molar-refractivity contribution in [2.24, 2.45) is 5.92 Å². The zero-order chi connectivity index (χ0) is 21.1. The molecule has 30 heavy (non-hydrogen) atoms. The second-order valence-corrected chi connectivity index (χ2v) is 7.83. The lowest BCUT2D eigenvalue weighted by atomic mass is 9.82. The highest BCUT2D eigenvalue weighted by atomic mass is 16.5. The highest BCUT2D eigenvalue weighted by molar-refractivity contribution is 5.97. The fourth-order valence-electron chi connectivity index (χ4n) is 4.64. The summed E-state index contributed by atoms with van der Waals surface area (Å²) in [5.74, 6) is 1.26. The van der Waals surface area contributed by atoms with Crippen molar-refractivity contribution < 1.29 is 19.1 Å². The van der Waals surface area contributed by atoms with Crippen molar-refractivity contribution in [2.75, 3.05) is 32.2 Å². The Labute approximate surface area is 177 Å². The number of hydrogen-bond donors (Lipinski definition) is 0. The number of likely N-dealkylation sites (tertiary alicyclic amines) is 1. The standard InChI is InChI=1S/C24H28N2O4/c1-29-18-11-9-17(10-12-18)26-22(27)14-13-20(24(28)25-15-5-6-16-25)23(26)19-7-3-4-8-21(19)30-2/h3-4,7-12,20,23H,5-6,13-16H2,1-2H3. The molecule has 2 unspecified atom stereocenters. The van der Waals surface area contributed by atoms with E-state index in [1.807, 2.05) is 53.4 Å². The van der Waals surface area contributed by atoms with Crippen molar-refractivity contribution in [3.8, 4) is 11.5 Å². The molecule has 0 aromatic heterocycles. The van der Waals surface area contributed by atoms with Gasteiger partial charge in [0.1, 0.15) is 11.5 Å². The lowest BCUT2D eigenvalue weighted by Gasteiger charge is -2.42. The third-order valence-electron chi connectivity index (χ3n) is 6.14. The third kappa shape index (κ3) is 3.74. The summed E-state index contributed by atoms with van der Waals surface area (Å²) in [6.45, 7) is 1.59. The molecule has 4 rings (SSSR count). The number of carbonyl (C=O) groups is 2. The lowest BCUT2D eigenvalue weighted by Crippen LogP contribution is -2.49. The molecule has 6 heteroatoms. The largest absolute Gasteiger partial charge is 0.497 e. The van der Waals surface area contributed by atoms with Gasteiger partial charge < -0.3 is 19.3 Å². The summed E-state index contributed by atoms with van der Waals surface area (Å²) in [5, 5.41) is 0. The summed E-state index contributed by atoms with van der Waals surface area (Å²) < 4.78 is 10.9. The van der Waals surface area contributed by atoms with Crippen LogP contribution in [0, 0.1) is 5.92 Å². The van der Waals surface area contributed by atoms with Crippen molar-refractivity contribution in [3.05, 3.63) is 54.1 Å². The van der Waals surface area contributed by atoms with Crippen LogP contribution in [-0.2, 0) is 9.59 Å². The maximum absolute atomic E-state index is 13.5. The summed E-state index contributed by atoms with van der Waals surface area (Å²) in [7, 11) is 3.24. The molecule has 2 heterocycles. The van der Waals surface area contributed by atoms with E-state index in [2.05, 4.69) is 0 Å². The third-order valence-corrected chi connectivity index (χ3v) is 6.14. The summed E-state index contributed by atoms with van der Waals surface area (Å²) in [5.41, 5.74) is 1.62. The van der Waals surface area contributed by atoms with E-state index in [-0.39, 0.29) is 17.7 Å². The van der Waals surface area contributed by atoms with Crippen LogP contribution in [0.5, 0.6) is 11.5 Å². The summed E-state index contributed by atoms with van der Waals surface area (Å²) in [4.78, 5) is 30.4. The summed E-state index contributed by atoms with van der Waals surface area (Å²) in [6.07, 6.45) is 2.98. The molecule has 6 nitrogen and oxygen atoms in total. The average molecular weight is 408 g/mol. The van der Waals surface area contributed by atoms with E-state index >= 15 is 0 Å². The second-order valence-electron chi connectivity index (χ2n) is 7.83. The highest BCUT2D eigenvalue weighted by Gasteiger charge is 2.44. The van der Waals surface area contributed by atoms with Gasteiger partial charge in [-0.2, -0.15) is 0 Å². The van der Waals surface area contributed by atoms with Crippen molar-refractivity contribution >= 4 is 17.5 Å². The predicted octanol–water partition coefficient (Wildman–Crippen LogP) is 3.81. The van der Waals surface area contributed by atoms with Crippen LogP contribution in [-0.4, -0.2) is 44.0 Å². The normalized spacial score (nSPS) is 21.6. The Bertz CT molecular complexity index is 906. The van der Waals surface area contributed by atoms with Gasteiger partial charge in [-0.25, -0.2) is 0 Å². The second kappa shape index (κ2) is 8.78. The first-order valence-electron chi connectivity index (χ1n) is 10.5. The molecule has 0 bridgehead atoms. The predicted molar refractivity (Wildman–Crippen MR) is 115 cm³/mol. The molecule has 2 aliphatic heterocycles. The number of ether oxygens (including phenoxy) is 2. The minimum Gasteiger partial charge on any atom is -0.497 e. The van der Waals surface area contributed by atoms with E-state index in [0.29, 0.717) is 18.6 Å². The van der Waals surface area contributed by atoms with Gasteiger partial charge in [-0.3, -0.25) is 9.59 Å². The Morgan fingerprint density at radius 2 is 1.67 bits per heavy atom. The number of rotatable bonds is 5. The molecule has 2 fully saturated rings. The fourth-order valence-corrected chi connectivity index (χ4v) is 4.64. The monoisotopic (exact) mass is 408 g/mol. The number of carbonyl (C=O) groups excluding carboxylic acids is 2. The van der Waals surface area contributed by atoms with Gasteiger partial charge in [-0.15, -0.1) is 0 Å². The van der Waals surface area contributed by atoms with Gasteiger partial charge in [-0.05, 0) is 49.6 Å². The Hall–Kier alpha value is -3.02. The van der Waals surface area contributed by atoms with Gasteiger partial charge in [0.05, 0.1) is 26.2 Å². The zero-order valence-corrected chi connectivity index (χ0v) is 17.5. The number of methoxy groups -OCH3 is 2. The van der Waals surface area contributed by atoms with Crippen LogP contribution < -0.4 is 14.4 Å².